The van der Waals surface area contributed by atoms with E-state index in [2.05, 4.69) is 43.2 Å². The molecule has 0 aliphatic heterocycles. The van der Waals surface area contributed by atoms with Crippen molar-refractivity contribution in [1.82, 2.24) is 10.2 Å². The summed E-state index contributed by atoms with van der Waals surface area (Å²) in [5.74, 6) is 0.0537. The Labute approximate surface area is 149 Å². The van der Waals surface area contributed by atoms with Gasteiger partial charge < -0.3 is 10.6 Å². The Bertz CT molecular complexity index is 536. The second kappa shape index (κ2) is 10.7. The maximum absolute atomic E-state index is 11.9. The summed E-state index contributed by atoms with van der Waals surface area (Å²) in [6, 6.07) is 7.19. The maximum Gasteiger partial charge on any atom is 0.269 e. The van der Waals surface area contributed by atoms with E-state index in [9.17, 15) is 14.9 Å². The van der Waals surface area contributed by atoms with E-state index in [0.717, 1.165) is 12.2 Å². The van der Waals surface area contributed by atoms with E-state index in [1.165, 1.54) is 12.1 Å². The van der Waals surface area contributed by atoms with Gasteiger partial charge in [0.15, 0.2) is 0 Å². The van der Waals surface area contributed by atoms with Crippen molar-refractivity contribution in [2.45, 2.75) is 52.6 Å². The highest BCUT2D eigenvalue weighted by Crippen LogP contribution is 2.15. The number of amides is 1. The van der Waals surface area contributed by atoms with Crippen molar-refractivity contribution in [1.29, 1.82) is 0 Å². The lowest BCUT2D eigenvalue weighted by Crippen LogP contribution is -2.42. The lowest BCUT2D eigenvalue weighted by Gasteiger charge is -2.30. The minimum Gasteiger partial charge on any atom is -0.385 e. The number of nitro groups is 1. The zero-order chi connectivity index (χ0) is 18.8. The summed E-state index contributed by atoms with van der Waals surface area (Å²) in [5.41, 5.74) is 0.886. The molecule has 1 amide bonds. The second-order valence-electron chi connectivity index (χ2n) is 6.61. The van der Waals surface area contributed by atoms with Gasteiger partial charge in [-0.05, 0) is 46.2 Å². The predicted octanol–water partition coefficient (Wildman–Crippen LogP) is 3.02. The van der Waals surface area contributed by atoms with Crippen molar-refractivity contribution in [3.8, 4) is 0 Å². The molecular formula is C18H30N4O3. The molecule has 140 valence electrons. The third kappa shape index (κ3) is 7.98. The van der Waals surface area contributed by atoms with Gasteiger partial charge in [0, 0.05) is 56.0 Å². The van der Waals surface area contributed by atoms with Crippen molar-refractivity contribution in [3.05, 3.63) is 34.4 Å². The van der Waals surface area contributed by atoms with Crippen molar-refractivity contribution in [2.75, 3.05) is 25.0 Å². The minimum atomic E-state index is -0.423. The third-order valence-corrected chi connectivity index (χ3v) is 4.01. The number of nitro benzene ring substituents is 1. The van der Waals surface area contributed by atoms with Gasteiger partial charge in [-0.3, -0.25) is 19.8 Å². The molecule has 2 N–H and O–H groups in total. The van der Waals surface area contributed by atoms with Crippen LogP contribution in [0.5, 0.6) is 0 Å². The van der Waals surface area contributed by atoms with Gasteiger partial charge in [0.2, 0.25) is 5.91 Å². The molecule has 7 nitrogen and oxygen atoms in total. The molecule has 0 radical (unpaired) electrons. The highest BCUT2D eigenvalue weighted by molar-refractivity contribution is 5.75. The Morgan fingerprint density at radius 3 is 2.24 bits per heavy atom. The standard InChI is InChI=1S/C18H30N4O3/c1-14(2)21(15(3)4)13-12-20-18(23)6-5-11-19-16-7-9-17(10-8-16)22(24)25/h7-10,14-15,19H,5-6,11-13H2,1-4H3,(H,20,23). The summed E-state index contributed by atoms with van der Waals surface area (Å²) in [4.78, 5) is 24.4. The molecule has 0 saturated heterocycles. The fraction of sp³-hybridized carbons (Fsp3) is 0.611. The Hall–Kier alpha value is -2.15. The van der Waals surface area contributed by atoms with Crippen molar-refractivity contribution in [2.24, 2.45) is 0 Å². The van der Waals surface area contributed by atoms with Gasteiger partial charge >= 0.3 is 0 Å². The van der Waals surface area contributed by atoms with Crippen molar-refractivity contribution < 1.29 is 9.72 Å². The molecule has 0 heterocycles. The van der Waals surface area contributed by atoms with Gasteiger partial charge in [-0.1, -0.05) is 0 Å². The average molecular weight is 350 g/mol. The Morgan fingerprint density at radius 2 is 1.72 bits per heavy atom. The summed E-state index contributed by atoms with van der Waals surface area (Å²) >= 11 is 0. The molecule has 7 heteroatoms. The predicted molar refractivity (Wildman–Crippen MR) is 101 cm³/mol. The fourth-order valence-corrected chi connectivity index (χ4v) is 2.71. The lowest BCUT2D eigenvalue weighted by molar-refractivity contribution is -0.384. The molecule has 0 aromatic heterocycles. The number of carbonyl (C=O) groups excluding carboxylic acids is 1. The first-order chi connectivity index (χ1) is 11.8. The topological polar surface area (TPSA) is 87.5 Å². The summed E-state index contributed by atoms with van der Waals surface area (Å²) in [6.45, 7) is 10.8. The van der Waals surface area contributed by atoms with E-state index in [0.29, 0.717) is 38.0 Å². The number of hydrogen-bond acceptors (Lipinski definition) is 5. The van der Waals surface area contributed by atoms with Crippen LogP contribution in [0.2, 0.25) is 0 Å². The first kappa shape index (κ1) is 20.9. The van der Waals surface area contributed by atoms with Gasteiger partial charge in [-0.15, -0.1) is 0 Å². The second-order valence-corrected chi connectivity index (χ2v) is 6.61. The van der Waals surface area contributed by atoms with Crippen LogP contribution >= 0.6 is 0 Å². The number of benzene rings is 1. The van der Waals surface area contributed by atoms with Crippen LogP contribution in [-0.2, 0) is 4.79 Å². The SMILES string of the molecule is CC(C)N(CCNC(=O)CCCNc1ccc([N+](=O)[O-])cc1)C(C)C. The molecule has 0 aliphatic carbocycles. The number of anilines is 1. The molecule has 0 spiro atoms. The smallest absolute Gasteiger partial charge is 0.269 e. The molecule has 25 heavy (non-hydrogen) atoms. The fourth-order valence-electron chi connectivity index (χ4n) is 2.71. The normalized spacial score (nSPS) is 11.2. The monoisotopic (exact) mass is 350 g/mol. The van der Waals surface area contributed by atoms with Crippen LogP contribution < -0.4 is 10.6 Å². The number of nitrogens with one attached hydrogen (secondary N) is 2. The zero-order valence-corrected chi connectivity index (χ0v) is 15.6. The van der Waals surface area contributed by atoms with Crippen LogP contribution in [0.1, 0.15) is 40.5 Å². The lowest BCUT2D eigenvalue weighted by atomic mass is 10.2. The Balaban J connectivity index is 2.19. The summed E-state index contributed by atoms with van der Waals surface area (Å²) in [7, 11) is 0. The highest BCUT2D eigenvalue weighted by atomic mass is 16.6. The van der Waals surface area contributed by atoms with Crippen LogP contribution in [0.4, 0.5) is 11.4 Å². The Kier molecular flexibility index (Phi) is 8.91. The molecule has 0 fully saturated rings. The molecular weight excluding hydrogens is 320 g/mol. The molecule has 1 aromatic rings. The minimum absolute atomic E-state index is 0.0537. The van der Waals surface area contributed by atoms with E-state index in [1.807, 2.05) is 0 Å². The zero-order valence-electron chi connectivity index (χ0n) is 15.6. The van der Waals surface area contributed by atoms with Crippen LogP contribution in [-0.4, -0.2) is 47.4 Å². The molecule has 1 aromatic carbocycles. The quantitative estimate of drug-likeness (QED) is 0.364. The molecule has 1 rings (SSSR count). The van der Waals surface area contributed by atoms with E-state index < -0.39 is 4.92 Å². The molecule has 0 bridgehead atoms. The van der Waals surface area contributed by atoms with Crippen LogP contribution in [0.25, 0.3) is 0 Å². The molecule has 0 saturated carbocycles. The first-order valence-electron chi connectivity index (χ1n) is 8.82. The number of non-ortho nitro benzene ring substituents is 1. The largest absolute Gasteiger partial charge is 0.385 e. The van der Waals surface area contributed by atoms with Gasteiger partial charge in [-0.25, -0.2) is 0 Å². The van der Waals surface area contributed by atoms with Crippen LogP contribution in [0.3, 0.4) is 0 Å². The van der Waals surface area contributed by atoms with E-state index in [-0.39, 0.29) is 11.6 Å². The van der Waals surface area contributed by atoms with Gasteiger partial charge in [0.25, 0.3) is 5.69 Å². The number of hydrogen-bond donors (Lipinski definition) is 2. The third-order valence-electron chi connectivity index (χ3n) is 4.01. The number of rotatable bonds is 11. The summed E-state index contributed by atoms with van der Waals surface area (Å²) in [6.07, 6.45) is 1.17. The molecule has 0 atom stereocenters. The van der Waals surface area contributed by atoms with Crippen LogP contribution in [0, 0.1) is 10.1 Å². The van der Waals surface area contributed by atoms with Crippen LogP contribution in [0.15, 0.2) is 24.3 Å². The van der Waals surface area contributed by atoms with Gasteiger partial charge in [0.1, 0.15) is 0 Å². The maximum atomic E-state index is 11.9. The van der Waals surface area contributed by atoms with Gasteiger partial charge in [-0.2, -0.15) is 0 Å². The molecule has 0 aliphatic rings. The van der Waals surface area contributed by atoms with E-state index in [1.54, 1.807) is 12.1 Å². The highest BCUT2D eigenvalue weighted by Gasteiger charge is 2.12. The average Bonchev–Trinajstić information content (AvgIpc) is 2.55. The van der Waals surface area contributed by atoms with E-state index >= 15 is 0 Å². The summed E-state index contributed by atoms with van der Waals surface area (Å²) in [5, 5.41) is 16.7. The number of carbonyl (C=O) groups is 1. The Morgan fingerprint density at radius 1 is 1.12 bits per heavy atom. The van der Waals surface area contributed by atoms with E-state index in [4.69, 9.17) is 0 Å². The van der Waals surface area contributed by atoms with Crippen molar-refractivity contribution >= 4 is 17.3 Å². The number of nitrogens with zero attached hydrogens (tertiary/aromatic N) is 2. The van der Waals surface area contributed by atoms with Crippen molar-refractivity contribution in [3.63, 3.8) is 0 Å². The first-order valence-corrected chi connectivity index (χ1v) is 8.82. The van der Waals surface area contributed by atoms with Gasteiger partial charge in [0.05, 0.1) is 4.92 Å². The molecule has 0 unspecified atom stereocenters. The summed E-state index contributed by atoms with van der Waals surface area (Å²) < 4.78 is 0.